The molecule has 3 nitrogen and oxygen atoms in total. The summed E-state index contributed by atoms with van der Waals surface area (Å²) in [6.07, 6.45) is 5.75. The lowest BCUT2D eigenvalue weighted by molar-refractivity contribution is -0.144. The topological polar surface area (TPSA) is 35.5 Å². The van der Waals surface area contributed by atoms with Gasteiger partial charge in [0.05, 0.1) is 6.10 Å². The van der Waals surface area contributed by atoms with Crippen LogP contribution in [-0.2, 0) is 14.3 Å². The molecule has 68 valence electrons. The quantitative estimate of drug-likeness (QED) is 0.462. The van der Waals surface area contributed by atoms with E-state index in [2.05, 4.69) is 0 Å². The second-order valence-corrected chi connectivity index (χ2v) is 2.88. The van der Waals surface area contributed by atoms with Gasteiger partial charge in [-0.25, -0.2) is 0 Å². The van der Waals surface area contributed by atoms with Gasteiger partial charge in [0.1, 0.15) is 6.10 Å². The Labute approximate surface area is 72.4 Å². The second-order valence-electron chi connectivity index (χ2n) is 2.88. The summed E-state index contributed by atoms with van der Waals surface area (Å²) in [5, 5.41) is 0. The molecule has 1 rings (SSSR count). The summed E-state index contributed by atoms with van der Waals surface area (Å²) < 4.78 is 10.1. The minimum Gasteiger partial charge on any atom is -0.458 e. The molecule has 0 aliphatic heterocycles. The normalized spacial score (nSPS) is 28.5. The summed E-state index contributed by atoms with van der Waals surface area (Å²) in [5.41, 5.74) is 0. The number of hydrogen-bond donors (Lipinski definition) is 0. The fourth-order valence-electron chi connectivity index (χ4n) is 1.28. The molecule has 12 heavy (non-hydrogen) atoms. The lowest BCUT2D eigenvalue weighted by atomic mass is 10.0. The Morgan fingerprint density at radius 1 is 1.33 bits per heavy atom. The molecule has 0 aromatic rings. The maximum atomic E-state index is 10.6. The number of ether oxygens (including phenoxy) is 2. The number of hydrogen-bond acceptors (Lipinski definition) is 3. The van der Waals surface area contributed by atoms with Gasteiger partial charge in [0.15, 0.2) is 0 Å². The number of esters is 1. The van der Waals surface area contributed by atoms with Crippen LogP contribution in [0.4, 0.5) is 0 Å². The molecule has 2 atom stereocenters. The van der Waals surface area contributed by atoms with Crippen molar-refractivity contribution in [2.75, 3.05) is 7.11 Å². The molecule has 0 fully saturated rings. The third kappa shape index (κ3) is 2.66. The van der Waals surface area contributed by atoms with Gasteiger partial charge in [-0.1, -0.05) is 6.08 Å². The summed E-state index contributed by atoms with van der Waals surface area (Å²) in [6.45, 7) is 1.43. The Bertz CT molecular complexity index is 186. The summed E-state index contributed by atoms with van der Waals surface area (Å²) in [7, 11) is 1.68. The third-order valence-electron chi connectivity index (χ3n) is 1.90. The molecular formula is C9H14O3. The molecule has 0 spiro atoms. The Kier molecular flexibility index (Phi) is 3.29. The lowest BCUT2D eigenvalue weighted by Gasteiger charge is -2.21. The first kappa shape index (κ1) is 9.26. The zero-order valence-electron chi connectivity index (χ0n) is 7.45. The monoisotopic (exact) mass is 170 g/mol. The maximum absolute atomic E-state index is 10.6. The summed E-state index contributed by atoms with van der Waals surface area (Å²) in [5.74, 6) is -0.222. The van der Waals surface area contributed by atoms with Crippen LogP contribution in [0.1, 0.15) is 19.8 Å². The van der Waals surface area contributed by atoms with Gasteiger partial charge in [-0.15, -0.1) is 0 Å². The molecular weight excluding hydrogens is 156 g/mol. The summed E-state index contributed by atoms with van der Waals surface area (Å²) in [4.78, 5) is 10.6. The smallest absolute Gasteiger partial charge is 0.303 e. The van der Waals surface area contributed by atoms with Crippen LogP contribution < -0.4 is 0 Å². The van der Waals surface area contributed by atoms with Gasteiger partial charge in [-0.2, -0.15) is 0 Å². The number of carbonyl (C=O) groups is 1. The van der Waals surface area contributed by atoms with Gasteiger partial charge in [0, 0.05) is 14.0 Å². The van der Waals surface area contributed by atoms with E-state index in [9.17, 15) is 4.79 Å². The van der Waals surface area contributed by atoms with Gasteiger partial charge in [-0.3, -0.25) is 4.79 Å². The molecule has 0 bridgehead atoms. The van der Waals surface area contributed by atoms with Crippen molar-refractivity contribution in [3.05, 3.63) is 12.2 Å². The van der Waals surface area contributed by atoms with Gasteiger partial charge >= 0.3 is 5.97 Å². The highest BCUT2D eigenvalue weighted by molar-refractivity contribution is 5.66. The lowest BCUT2D eigenvalue weighted by Crippen LogP contribution is -2.22. The number of rotatable bonds is 2. The minimum absolute atomic E-state index is 0.0473. The average Bonchev–Trinajstić information content (AvgIpc) is 2.05. The van der Waals surface area contributed by atoms with Crippen molar-refractivity contribution in [1.29, 1.82) is 0 Å². The molecule has 0 N–H and O–H groups in total. The minimum atomic E-state index is -0.222. The molecule has 0 amide bonds. The van der Waals surface area contributed by atoms with Crippen LogP contribution in [0.3, 0.4) is 0 Å². The van der Waals surface area contributed by atoms with E-state index in [0.29, 0.717) is 0 Å². The molecule has 0 aromatic heterocycles. The van der Waals surface area contributed by atoms with E-state index in [-0.39, 0.29) is 18.2 Å². The maximum Gasteiger partial charge on any atom is 0.303 e. The fourth-order valence-corrected chi connectivity index (χ4v) is 1.28. The van der Waals surface area contributed by atoms with Crippen LogP contribution in [0.25, 0.3) is 0 Å². The first-order chi connectivity index (χ1) is 5.72. The van der Waals surface area contributed by atoms with E-state index in [1.807, 2.05) is 12.2 Å². The highest BCUT2D eigenvalue weighted by Gasteiger charge is 2.16. The first-order valence-electron chi connectivity index (χ1n) is 4.10. The van der Waals surface area contributed by atoms with Crippen LogP contribution in [0.2, 0.25) is 0 Å². The molecule has 0 radical (unpaired) electrons. The Morgan fingerprint density at radius 3 is 2.33 bits per heavy atom. The van der Waals surface area contributed by atoms with E-state index in [1.165, 1.54) is 6.92 Å². The molecule has 0 heterocycles. The standard InChI is InChI=1S/C9H14O3/c1-7(10)12-9-5-3-8(11-2)4-6-9/h3,5,8-9H,4,6H2,1-2H3/t8-,9+/m0/s1. The SMILES string of the molecule is CO[C@H]1C=C[C@@H](OC(C)=O)CC1. The van der Waals surface area contributed by atoms with E-state index in [0.717, 1.165) is 12.8 Å². The van der Waals surface area contributed by atoms with E-state index in [1.54, 1.807) is 7.11 Å². The van der Waals surface area contributed by atoms with Crippen molar-refractivity contribution in [3.63, 3.8) is 0 Å². The predicted molar refractivity (Wildman–Crippen MR) is 44.7 cm³/mol. The van der Waals surface area contributed by atoms with E-state index < -0.39 is 0 Å². The zero-order chi connectivity index (χ0) is 8.97. The molecule has 0 saturated carbocycles. The predicted octanol–water partition coefficient (Wildman–Crippen LogP) is 1.28. The van der Waals surface area contributed by atoms with Crippen LogP contribution in [0.5, 0.6) is 0 Å². The van der Waals surface area contributed by atoms with Gasteiger partial charge in [0.2, 0.25) is 0 Å². The van der Waals surface area contributed by atoms with Crippen LogP contribution in [0.15, 0.2) is 12.2 Å². The summed E-state index contributed by atoms with van der Waals surface area (Å²) in [6, 6.07) is 0. The van der Waals surface area contributed by atoms with Gasteiger partial charge in [-0.05, 0) is 18.9 Å². The van der Waals surface area contributed by atoms with Crippen molar-refractivity contribution in [2.24, 2.45) is 0 Å². The van der Waals surface area contributed by atoms with Gasteiger partial charge < -0.3 is 9.47 Å². The highest BCUT2D eigenvalue weighted by atomic mass is 16.5. The molecule has 0 aromatic carbocycles. The Balaban J connectivity index is 2.37. The molecule has 1 aliphatic rings. The van der Waals surface area contributed by atoms with Crippen LogP contribution in [-0.4, -0.2) is 25.3 Å². The van der Waals surface area contributed by atoms with Crippen molar-refractivity contribution >= 4 is 5.97 Å². The molecule has 0 unspecified atom stereocenters. The average molecular weight is 170 g/mol. The summed E-state index contributed by atoms with van der Waals surface area (Å²) >= 11 is 0. The third-order valence-corrected chi connectivity index (χ3v) is 1.90. The van der Waals surface area contributed by atoms with Crippen LogP contribution >= 0.6 is 0 Å². The fraction of sp³-hybridized carbons (Fsp3) is 0.667. The van der Waals surface area contributed by atoms with Crippen molar-refractivity contribution < 1.29 is 14.3 Å². The Hall–Kier alpha value is -0.830. The highest BCUT2D eigenvalue weighted by Crippen LogP contribution is 2.16. The second kappa shape index (κ2) is 4.26. The zero-order valence-corrected chi connectivity index (χ0v) is 7.45. The number of methoxy groups -OCH3 is 1. The van der Waals surface area contributed by atoms with Crippen molar-refractivity contribution in [2.45, 2.75) is 32.0 Å². The van der Waals surface area contributed by atoms with E-state index >= 15 is 0 Å². The molecule has 0 saturated heterocycles. The van der Waals surface area contributed by atoms with Crippen LogP contribution in [0, 0.1) is 0 Å². The first-order valence-corrected chi connectivity index (χ1v) is 4.10. The number of carbonyl (C=O) groups excluding carboxylic acids is 1. The van der Waals surface area contributed by atoms with Gasteiger partial charge in [0.25, 0.3) is 0 Å². The van der Waals surface area contributed by atoms with E-state index in [4.69, 9.17) is 9.47 Å². The molecule has 3 heteroatoms. The Morgan fingerprint density at radius 2 is 1.92 bits per heavy atom. The van der Waals surface area contributed by atoms with Crippen molar-refractivity contribution in [3.8, 4) is 0 Å². The molecule has 1 aliphatic carbocycles. The largest absolute Gasteiger partial charge is 0.458 e. The van der Waals surface area contributed by atoms with Crippen molar-refractivity contribution in [1.82, 2.24) is 0 Å².